The van der Waals surface area contributed by atoms with Crippen LogP contribution < -0.4 is 4.72 Å². The fourth-order valence-corrected chi connectivity index (χ4v) is 4.70. The lowest BCUT2D eigenvalue weighted by Gasteiger charge is -2.16. The third-order valence-corrected chi connectivity index (χ3v) is 7.37. The van der Waals surface area contributed by atoms with Gasteiger partial charge in [-0.3, -0.25) is 0 Å². The minimum atomic E-state index is -4.46. The summed E-state index contributed by atoms with van der Waals surface area (Å²) in [4.78, 5) is 0. The Bertz CT molecular complexity index is 1210. The van der Waals surface area contributed by atoms with Crippen molar-refractivity contribution in [1.29, 1.82) is 0 Å². The van der Waals surface area contributed by atoms with E-state index in [2.05, 4.69) is 18.6 Å². The lowest BCUT2D eigenvalue weighted by atomic mass is 9.97. The Hall–Kier alpha value is -2.32. The van der Waals surface area contributed by atoms with E-state index in [9.17, 15) is 21.6 Å². The Kier molecular flexibility index (Phi) is 6.77. The summed E-state index contributed by atoms with van der Waals surface area (Å²) < 4.78 is 70.2. The molecule has 32 heavy (non-hydrogen) atoms. The molecule has 0 saturated heterocycles. The molecule has 0 spiro atoms. The Morgan fingerprint density at radius 1 is 1.00 bits per heavy atom. The number of hydrogen-bond donors (Lipinski definition) is 1. The Balaban J connectivity index is 2.16. The highest BCUT2D eigenvalue weighted by Gasteiger charge is 2.33. The van der Waals surface area contributed by atoms with Crippen molar-refractivity contribution in [2.45, 2.75) is 58.6 Å². The van der Waals surface area contributed by atoms with Gasteiger partial charge in [-0.1, -0.05) is 44.2 Å². The van der Waals surface area contributed by atoms with Crippen molar-refractivity contribution in [3.05, 3.63) is 59.8 Å². The molecule has 1 atom stereocenters. The summed E-state index contributed by atoms with van der Waals surface area (Å²) >= 11 is 0. The van der Waals surface area contributed by atoms with Crippen LogP contribution in [0, 0.1) is 5.92 Å². The van der Waals surface area contributed by atoms with Crippen LogP contribution >= 0.6 is 0 Å². The molecule has 0 saturated carbocycles. The second-order valence-electron chi connectivity index (χ2n) is 8.84. The van der Waals surface area contributed by atoms with Gasteiger partial charge in [0.1, 0.15) is 0 Å². The van der Waals surface area contributed by atoms with E-state index in [0.717, 1.165) is 22.5 Å². The van der Waals surface area contributed by atoms with Crippen molar-refractivity contribution >= 4 is 20.9 Å². The van der Waals surface area contributed by atoms with Crippen LogP contribution in [0.2, 0.25) is 0 Å². The maximum absolute atomic E-state index is 13.6. The highest BCUT2D eigenvalue weighted by atomic mass is 32.2. The standard InChI is InChI=1S/C24H29F3N2O2S/c1-15(2)13-29-14-21(17(5)28-32(30,31)16(3)4)20-11-10-18(12-23(20)29)19-8-6-7-9-22(19)24(25,26)27/h6-12,14-17,28H,13H2,1-5H3. The van der Waals surface area contributed by atoms with Gasteiger partial charge < -0.3 is 4.57 Å². The van der Waals surface area contributed by atoms with Crippen molar-refractivity contribution in [2.75, 3.05) is 0 Å². The van der Waals surface area contributed by atoms with Crippen LogP contribution in [0.3, 0.4) is 0 Å². The normalized spacial score (nSPS) is 13.9. The van der Waals surface area contributed by atoms with E-state index in [1.165, 1.54) is 12.1 Å². The number of benzene rings is 2. The first-order valence-corrected chi connectivity index (χ1v) is 12.2. The van der Waals surface area contributed by atoms with Gasteiger partial charge in [-0.25, -0.2) is 13.1 Å². The van der Waals surface area contributed by atoms with Gasteiger partial charge in [-0.05, 0) is 55.5 Å². The van der Waals surface area contributed by atoms with E-state index < -0.39 is 33.1 Å². The average Bonchev–Trinajstić information content (AvgIpc) is 3.04. The van der Waals surface area contributed by atoms with Crippen molar-refractivity contribution in [1.82, 2.24) is 9.29 Å². The molecule has 0 aliphatic carbocycles. The molecule has 3 aromatic rings. The molecular formula is C24H29F3N2O2S. The SMILES string of the molecule is CC(C)Cn1cc(C(C)NS(=O)(=O)C(C)C)c2ccc(-c3ccccc3C(F)(F)F)cc21. The fraction of sp³-hybridized carbons (Fsp3) is 0.417. The Labute approximate surface area is 187 Å². The van der Waals surface area contributed by atoms with Crippen LogP contribution in [0.5, 0.6) is 0 Å². The number of halogens is 3. The topological polar surface area (TPSA) is 51.1 Å². The van der Waals surface area contributed by atoms with Gasteiger partial charge in [0, 0.05) is 29.7 Å². The monoisotopic (exact) mass is 466 g/mol. The van der Waals surface area contributed by atoms with Crippen molar-refractivity contribution in [3.8, 4) is 11.1 Å². The van der Waals surface area contributed by atoms with E-state index in [0.29, 0.717) is 18.0 Å². The average molecular weight is 467 g/mol. The van der Waals surface area contributed by atoms with Crippen molar-refractivity contribution in [3.63, 3.8) is 0 Å². The maximum Gasteiger partial charge on any atom is 0.417 e. The van der Waals surface area contributed by atoms with E-state index in [1.807, 2.05) is 10.8 Å². The molecule has 1 heterocycles. The van der Waals surface area contributed by atoms with Crippen molar-refractivity contribution in [2.24, 2.45) is 5.92 Å². The summed E-state index contributed by atoms with van der Waals surface area (Å²) in [6, 6.07) is 10.3. The van der Waals surface area contributed by atoms with Gasteiger partial charge >= 0.3 is 6.18 Å². The van der Waals surface area contributed by atoms with Gasteiger partial charge in [0.2, 0.25) is 10.0 Å². The minimum absolute atomic E-state index is 0.120. The first kappa shape index (κ1) is 24.3. The molecule has 0 radical (unpaired) electrons. The summed E-state index contributed by atoms with van der Waals surface area (Å²) in [6.45, 7) is 9.77. The molecule has 1 aromatic heterocycles. The molecule has 174 valence electrons. The number of fused-ring (bicyclic) bond motifs is 1. The highest BCUT2D eigenvalue weighted by Crippen LogP contribution is 2.38. The molecule has 1 unspecified atom stereocenters. The second kappa shape index (κ2) is 8.90. The number of sulfonamides is 1. The summed E-state index contributed by atoms with van der Waals surface area (Å²) in [7, 11) is -3.49. The van der Waals surface area contributed by atoms with Crippen LogP contribution in [-0.4, -0.2) is 18.2 Å². The maximum atomic E-state index is 13.6. The molecule has 1 N–H and O–H groups in total. The lowest BCUT2D eigenvalue weighted by molar-refractivity contribution is -0.137. The Morgan fingerprint density at radius 3 is 2.25 bits per heavy atom. The smallest absolute Gasteiger partial charge is 0.347 e. The Morgan fingerprint density at radius 2 is 1.66 bits per heavy atom. The molecular weight excluding hydrogens is 437 g/mol. The van der Waals surface area contributed by atoms with Crippen LogP contribution in [0.15, 0.2) is 48.7 Å². The van der Waals surface area contributed by atoms with E-state index in [1.54, 1.807) is 45.0 Å². The number of aromatic nitrogens is 1. The van der Waals surface area contributed by atoms with Crippen molar-refractivity contribution < 1.29 is 21.6 Å². The zero-order valence-electron chi connectivity index (χ0n) is 18.9. The van der Waals surface area contributed by atoms with E-state index >= 15 is 0 Å². The molecule has 3 rings (SSSR count). The zero-order chi connectivity index (χ0) is 23.8. The fourth-order valence-electron chi connectivity index (χ4n) is 3.81. The highest BCUT2D eigenvalue weighted by molar-refractivity contribution is 7.90. The first-order valence-electron chi connectivity index (χ1n) is 10.6. The number of alkyl halides is 3. The molecule has 4 nitrogen and oxygen atoms in total. The first-order chi connectivity index (χ1) is 14.8. The van der Waals surface area contributed by atoms with Gasteiger partial charge in [0.25, 0.3) is 0 Å². The van der Waals surface area contributed by atoms with Crippen LogP contribution in [-0.2, 0) is 22.7 Å². The predicted octanol–water partition coefficient (Wildman–Crippen LogP) is 6.37. The van der Waals surface area contributed by atoms with Crippen LogP contribution in [0.4, 0.5) is 13.2 Å². The molecule has 0 aliphatic heterocycles. The van der Waals surface area contributed by atoms with Crippen LogP contribution in [0.1, 0.15) is 51.8 Å². The number of nitrogens with zero attached hydrogens (tertiary/aromatic N) is 1. The van der Waals surface area contributed by atoms with Gasteiger partial charge in [-0.2, -0.15) is 13.2 Å². The van der Waals surface area contributed by atoms with Gasteiger partial charge in [0.05, 0.1) is 10.8 Å². The second-order valence-corrected chi connectivity index (χ2v) is 11.1. The zero-order valence-corrected chi connectivity index (χ0v) is 19.7. The number of hydrogen-bond acceptors (Lipinski definition) is 2. The van der Waals surface area contributed by atoms with Gasteiger partial charge in [-0.15, -0.1) is 0 Å². The predicted molar refractivity (Wildman–Crippen MR) is 123 cm³/mol. The summed E-state index contributed by atoms with van der Waals surface area (Å²) in [5, 5.41) is 0.247. The van der Waals surface area contributed by atoms with E-state index in [4.69, 9.17) is 0 Å². The third kappa shape index (κ3) is 5.02. The quantitative estimate of drug-likeness (QED) is 0.440. The third-order valence-electron chi connectivity index (χ3n) is 5.45. The number of rotatable bonds is 7. The lowest BCUT2D eigenvalue weighted by Crippen LogP contribution is -2.32. The molecule has 8 heteroatoms. The number of nitrogens with one attached hydrogen (secondary N) is 1. The summed E-state index contributed by atoms with van der Waals surface area (Å²) in [6.07, 6.45) is -2.56. The largest absolute Gasteiger partial charge is 0.417 e. The van der Waals surface area contributed by atoms with Gasteiger partial charge in [0.15, 0.2) is 0 Å². The molecule has 0 bridgehead atoms. The molecule has 2 aromatic carbocycles. The summed E-state index contributed by atoms with van der Waals surface area (Å²) in [5.41, 5.74) is 1.48. The minimum Gasteiger partial charge on any atom is -0.347 e. The van der Waals surface area contributed by atoms with E-state index in [-0.39, 0.29) is 5.56 Å². The molecule has 0 aliphatic rings. The molecule has 0 fully saturated rings. The summed E-state index contributed by atoms with van der Waals surface area (Å²) in [5.74, 6) is 0.298. The molecule has 0 amide bonds. The van der Waals surface area contributed by atoms with Crippen LogP contribution in [0.25, 0.3) is 22.0 Å².